The molecule has 0 fully saturated rings. The van der Waals surface area contributed by atoms with Crippen molar-refractivity contribution in [3.8, 4) is 0 Å². The van der Waals surface area contributed by atoms with Crippen LogP contribution < -0.4 is 0 Å². The first kappa shape index (κ1) is 19.6. The van der Waals surface area contributed by atoms with Gasteiger partial charge in [-0.05, 0) is 35.3 Å². The molecule has 0 aliphatic rings. The van der Waals surface area contributed by atoms with Gasteiger partial charge in [-0.15, -0.1) is 0 Å². The van der Waals surface area contributed by atoms with Crippen LogP contribution >= 0.6 is 0 Å². The summed E-state index contributed by atoms with van der Waals surface area (Å²) in [6.45, 7) is 7.81. The molecule has 2 aromatic rings. The normalized spacial score (nSPS) is 13.6. The molecule has 140 valence electrons. The zero-order valence-corrected chi connectivity index (χ0v) is 15.6. The van der Waals surface area contributed by atoms with E-state index >= 15 is 0 Å². The largest absolute Gasteiger partial charge is 0.481 e. The molecule has 7 heteroatoms. The van der Waals surface area contributed by atoms with Crippen molar-refractivity contribution in [2.45, 2.75) is 52.5 Å². The zero-order chi connectivity index (χ0) is 19.5. The number of benzene rings is 1. The van der Waals surface area contributed by atoms with E-state index in [-0.39, 0.29) is 18.8 Å². The molecule has 0 radical (unpaired) electrons. The Kier molecular flexibility index (Phi) is 5.79. The van der Waals surface area contributed by atoms with Crippen LogP contribution in [-0.4, -0.2) is 25.6 Å². The molecule has 1 unspecified atom stereocenters. The SMILES string of the molecule is Cc1ncc([N+](=O)[O-])n1CCC(C)(C(=O)O)c1ccc(CC(C)C)cc1. The van der Waals surface area contributed by atoms with Gasteiger partial charge in [-0.25, -0.2) is 9.55 Å². The number of rotatable bonds is 8. The molecule has 0 aliphatic carbocycles. The van der Waals surface area contributed by atoms with Crippen LogP contribution in [-0.2, 0) is 23.2 Å². The van der Waals surface area contributed by atoms with Gasteiger partial charge < -0.3 is 15.2 Å². The highest BCUT2D eigenvalue weighted by molar-refractivity contribution is 5.80. The number of imidazole rings is 1. The number of carboxylic acids is 1. The zero-order valence-electron chi connectivity index (χ0n) is 15.6. The summed E-state index contributed by atoms with van der Waals surface area (Å²) >= 11 is 0. The second kappa shape index (κ2) is 7.68. The third-order valence-electron chi connectivity index (χ3n) is 4.76. The van der Waals surface area contributed by atoms with Crippen LogP contribution in [0.25, 0.3) is 0 Å². The van der Waals surface area contributed by atoms with Gasteiger partial charge in [-0.3, -0.25) is 4.79 Å². The standard InChI is InChI=1S/C19H25N3O4/c1-13(2)11-15-5-7-16(8-6-15)19(4,18(23)24)9-10-21-14(3)20-12-17(21)22(25)26/h5-8,12-13H,9-11H2,1-4H3,(H,23,24). The summed E-state index contributed by atoms with van der Waals surface area (Å²) < 4.78 is 1.45. The van der Waals surface area contributed by atoms with E-state index in [2.05, 4.69) is 18.8 Å². The summed E-state index contributed by atoms with van der Waals surface area (Å²) in [6.07, 6.45) is 2.36. The van der Waals surface area contributed by atoms with Crippen LogP contribution in [0.2, 0.25) is 0 Å². The van der Waals surface area contributed by atoms with Crippen LogP contribution in [0.4, 0.5) is 5.82 Å². The van der Waals surface area contributed by atoms with Crippen molar-refractivity contribution in [2.24, 2.45) is 5.92 Å². The van der Waals surface area contributed by atoms with Crippen molar-refractivity contribution in [3.63, 3.8) is 0 Å². The topological polar surface area (TPSA) is 98.3 Å². The quantitative estimate of drug-likeness (QED) is 0.572. The number of aryl methyl sites for hydroxylation is 1. The Balaban J connectivity index is 2.26. The Morgan fingerprint density at radius 1 is 1.35 bits per heavy atom. The molecule has 1 heterocycles. The third kappa shape index (κ3) is 4.09. The maximum Gasteiger partial charge on any atom is 0.342 e. The van der Waals surface area contributed by atoms with Crippen LogP contribution in [0, 0.1) is 23.0 Å². The van der Waals surface area contributed by atoms with Crippen LogP contribution in [0.3, 0.4) is 0 Å². The minimum atomic E-state index is -1.14. The highest BCUT2D eigenvalue weighted by Gasteiger charge is 2.36. The van der Waals surface area contributed by atoms with Crippen molar-refractivity contribution in [1.29, 1.82) is 0 Å². The average Bonchev–Trinajstić information content (AvgIpc) is 2.93. The molecular weight excluding hydrogens is 334 g/mol. The van der Waals surface area contributed by atoms with Crippen LogP contribution in [0.1, 0.15) is 44.1 Å². The smallest absolute Gasteiger partial charge is 0.342 e. The number of carboxylic acid groups (broad SMARTS) is 1. The van der Waals surface area contributed by atoms with Gasteiger partial charge in [0.1, 0.15) is 6.20 Å². The molecule has 1 N–H and O–H groups in total. The number of aromatic nitrogens is 2. The summed E-state index contributed by atoms with van der Waals surface area (Å²) in [7, 11) is 0. The first-order valence-electron chi connectivity index (χ1n) is 8.64. The minimum absolute atomic E-state index is 0.123. The number of nitrogens with zero attached hydrogens (tertiary/aromatic N) is 3. The van der Waals surface area contributed by atoms with E-state index in [0.29, 0.717) is 17.3 Å². The second-order valence-electron chi connectivity index (χ2n) is 7.25. The summed E-state index contributed by atoms with van der Waals surface area (Å²) in [6, 6.07) is 7.62. The number of aliphatic carboxylic acids is 1. The average molecular weight is 359 g/mol. The Bertz CT molecular complexity index is 796. The number of nitro groups is 1. The lowest BCUT2D eigenvalue weighted by Crippen LogP contribution is -2.34. The second-order valence-corrected chi connectivity index (χ2v) is 7.25. The van der Waals surface area contributed by atoms with E-state index in [4.69, 9.17) is 0 Å². The van der Waals surface area contributed by atoms with Gasteiger partial charge >= 0.3 is 11.8 Å². The third-order valence-corrected chi connectivity index (χ3v) is 4.76. The van der Waals surface area contributed by atoms with E-state index in [0.717, 1.165) is 12.0 Å². The molecule has 1 atom stereocenters. The summed E-state index contributed by atoms with van der Waals surface area (Å²) in [5.74, 6) is -0.0507. The lowest BCUT2D eigenvalue weighted by molar-refractivity contribution is -0.392. The Labute approximate surface area is 152 Å². The fourth-order valence-corrected chi connectivity index (χ4v) is 3.07. The predicted octanol–water partition coefficient (Wildman–Crippen LogP) is 3.73. The number of hydrogen-bond donors (Lipinski definition) is 1. The molecule has 26 heavy (non-hydrogen) atoms. The summed E-state index contributed by atoms with van der Waals surface area (Å²) in [5.41, 5.74) is 0.719. The van der Waals surface area contributed by atoms with Gasteiger partial charge in [0.25, 0.3) is 0 Å². The van der Waals surface area contributed by atoms with Crippen molar-refractivity contribution >= 4 is 11.8 Å². The Morgan fingerprint density at radius 2 is 1.96 bits per heavy atom. The molecule has 7 nitrogen and oxygen atoms in total. The van der Waals surface area contributed by atoms with Crippen molar-refractivity contribution in [1.82, 2.24) is 9.55 Å². The first-order valence-corrected chi connectivity index (χ1v) is 8.64. The summed E-state index contributed by atoms with van der Waals surface area (Å²) in [5, 5.41) is 20.9. The van der Waals surface area contributed by atoms with E-state index < -0.39 is 16.3 Å². The molecule has 0 spiro atoms. The maximum atomic E-state index is 12.0. The first-order chi connectivity index (χ1) is 12.1. The summed E-state index contributed by atoms with van der Waals surface area (Å²) in [4.78, 5) is 26.6. The van der Waals surface area contributed by atoms with Crippen molar-refractivity contribution in [2.75, 3.05) is 0 Å². The van der Waals surface area contributed by atoms with Gasteiger partial charge in [0, 0.05) is 13.3 Å². The minimum Gasteiger partial charge on any atom is -0.481 e. The molecule has 1 aromatic carbocycles. The van der Waals surface area contributed by atoms with E-state index in [9.17, 15) is 20.0 Å². The predicted molar refractivity (Wildman–Crippen MR) is 98.2 cm³/mol. The number of hydrogen-bond acceptors (Lipinski definition) is 4. The highest BCUT2D eigenvalue weighted by Crippen LogP contribution is 2.30. The van der Waals surface area contributed by atoms with E-state index in [1.807, 2.05) is 24.3 Å². The van der Waals surface area contributed by atoms with Gasteiger partial charge in [0.05, 0.1) is 12.0 Å². The van der Waals surface area contributed by atoms with Gasteiger partial charge in [0.15, 0.2) is 5.82 Å². The molecule has 0 amide bonds. The lowest BCUT2D eigenvalue weighted by Gasteiger charge is -2.25. The Hall–Kier alpha value is -2.70. The molecule has 1 aromatic heterocycles. The van der Waals surface area contributed by atoms with Crippen molar-refractivity contribution in [3.05, 3.63) is 57.5 Å². The molecule has 0 bridgehead atoms. The van der Waals surface area contributed by atoms with E-state index in [1.54, 1.807) is 13.8 Å². The highest BCUT2D eigenvalue weighted by atomic mass is 16.6. The van der Waals surface area contributed by atoms with Crippen LogP contribution in [0.5, 0.6) is 0 Å². The molecule has 2 rings (SSSR count). The van der Waals surface area contributed by atoms with Gasteiger partial charge in [0.2, 0.25) is 0 Å². The fourth-order valence-electron chi connectivity index (χ4n) is 3.07. The number of carbonyl (C=O) groups is 1. The van der Waals surface area contributed by atoms with Gasteiger partial charge in [-0.2, -0.15) is 0 Å². The van der Waals surface area contributed by atoms with Crippen LogP contribution in [0.15, 0.2) is 30.5 Å². The monoisotopic (exact) mass is 359 g/mol. The molecule has 0 saturated carbocycles. The molecular formula is C19H25N3O4. The lowest BCUT2D eigenvalue weighted by atomic mass is 9.79. The van der Waals surface area contributed by atoms with Crippen molar-refractivity contribution < 1.29 is 14.8 Å². The van der Waals surface area contributed by atoms with E-state index in [1.165, 1.54) is 10.8 Å². The van der Waals surface area contributed by atoms with Gasteiger partial charge in [-0.1, -0.05) is 38.1 Å². The fraction of sp³-hybridized carbons (Fsp3) is 0.474. The molecule has 0 aliphatic heterocycles. The maximum absolute atomic E-state index is 12.0. The molecule has 0 saturated heterocycles. The Morgan fingerprint density at radius 3 is 2.46 bits per heavy atom.